The number of aromatic nitrogens is 2. The number of nitrogens with one attached hydrogen (secondary N) is 1. The average molecular weight is 515 g/mol. The van der Waals surface area contributed by atoms with Crippen molar-refractivity contribution in [2.24, 2.45) is 5.92 Å². The fourth-order valence-electron chi connectivity index (χ4n) is 4.32. The SMILES string of the molecule is CCOc1cc(-c2nc3sc4c(c3c(=O)[nH]2)CCC(C)C4)ccc1OCc1ccc(Cl)cc1Cl. The van der Waals surface area contributed by atoms with Crippen molar-refractivity contribution in [2.45, 2.75) is 39.7 Å². The first-order valence-electron chi connectivity index (χ1n) is 11.3. The summed E-state index contributed by atoms with van der Waals surface area (Å²) in [5.74, 6) is 2.33. The Morgan fingerprint density at radius 1 is 1.15 bits per heavy atom. The van der Waals surface area contributed by atoms with Crippen LogP contribution in [-0.2, 0) is 19.4 Å². The molecule has 0 saturated carbocycles. The van der Waals surface area contributed by atoms with Crippen LogP contribution in [0.4, 0.5) is 0 Å². The molecular formula is C26H24Cl2N2O3S. The number of hydrogen-bond acceptors (Lipinski definition) is 5. The van der Waals surface area contributed by atoms with E-state index in [2.05, 4.69) is 11.9 Å². The van der Waals surface area contributed by atoms with Crippen LogP contribution in [0.15, 0.2) is 41.2 Å². The predicted octanol–water partition coefficient (Wildman–Crippen LogP) is 7.06. The highest BCUT2D eigenvalue weighted by atomic mass is 35.5. The van der Waals surface area contributed by atoms with E-state index in [4.69, 9.17) is 37.7 Å². The molecule has 0 amide bonds. The Bertz CT molecular complexity index is 1430. The lowest BCUT2D eigenvalue weighted by Gasteiger charge is -2.17. The number of hydrogen-bond donors (Lipinski definition) is 1. The zero-order valence-electron chi connectivity index (χ0n) is 18.9. The largest absolute Gasteiger partial charge is 0.490 e. The van der Waals surface area contributed by atoms with Gasteiger partial charge in [-0.2, -0.15) is 0 Å². The van der Waals surface area contributed by atoms with Crippen molar-refractivity contribution in [1.82, 2.24) is 9.97 Å². The summed E-state index contributed by atoms with van der Waals surface area (Å²) in [6.45, 7) is 4.92. The maximum absolute atomic E-state index is 13.0. The van der Waals surface area contributed by atoms with Gasteiger partial charge in [-0.15, -0.1) is 11.3 Å². The molecule has 5 nitrogen and oxygen atoms in total. The monoisotopic (exact) mass is 514 g/mol. The molecule has 0 bridgehead atoms. The summed E-state index contributed by atoms with van der Waals surface area (Å²) in [7, 11) is 0. The minimum absolute atomic E-state index is 0.0808. The molecule has 1 unspecified atom stereocenters. The normalized spacial score (nSPS) is 15.4. The van der Waals surface area contributed by atoms with Gasteiger partial charge < -0.3 is 14.5 Å². The lowest BCUT2D eigenvalue weighted by Crippen LogP contribution is -2.13. The molecule has 2 aromatic heterocycles. The summed E-state index contributed by atoms with van der Waals surface area (Å²) >= 11 is 13.9. The van der Waals surface area contributed by atoms with Gasteiger partial charge >= 0.3 is 0 Å². The number of fused-ring (bicyclic) bond motifs is 3. The Morgan fingerprint density at radius 2 is 2.00 bits per heavy atom. The van der Waals surface area contributed by atoms with E-state index in [1.165, 1.54) is 10.4 Å². The maximum Gasteiger partial charge on any atom is 0.260 e. The zero-order chi connectivity index (χ0) is 23.8. The highest BCUT2D eigenvalue weighted by Gasteiger charge is 2.23. The number of nitrogens with zero attached hydrogens (tertiary/aromatic N) is 1. The van der Waals surface area contributed by atoms with Crippen LogP contribution in [0.1, 0.15) is 36.3 Å². The van der Waals surface area contributed by atoms with Crippen LogP contribution in [0.2, 0.25) is 10.0 Å². The first kappa shape index (κ1) is 23.2. The van der Waals surface area contributed by atoms with Crippen LogP contribution in [-0.4, -0.2) is 16.6 Å². The van der Waals surface area contributed by atoms with E-state index in [9.17, 15) is 4.79 Å². The quantitative estimate of drug-likeness (QED) is 0.299. The number of ether oxygens (including phenoxy) is 2. The van der Waals surface area contributed by atoms with Gasteiger partial charge in [-0.1, -0.05) is 36.2 Å². The second-order valence-corrected chi connectivity index (χ2v) is 10.5. The van der Waals surface area contributed by atoms with Crippen molar-refractivity contribution in [1.29, 1.82) is 0 Å². The van der Waals surface area contributed by atoms with Crippen molar-refractivity contribution in [2.75, 3.05) is 6.61 Å². The Morgan fingerprint density at radius 3 is 2.79 bits per heavy atom. The third kappa shape index (κ3) is 4.54. The molecule has 176 valence electrons. The number of halogens is 2. The van der Waals surface area contributed by atoms with Gasteiger partial charge in [0.05, 0.1) is 12.0 Å². The summed E-state index contributed by atoms with van der Waals surface area (Å²) in [5, 5.41) is 1.87. The van der Waals surface area contributed by atoms with E-state index in [1.54, 1.807) is 23.5 Å². The number of thiophene rings is 1. The van der Waals surface area contributed by atoms with E-state index in [-0.39, 0.29) is 12.2 Å². The zero-order valence-corrected chi connectivity index (χ0v) is 21.2. The lowest BCUT2D eigenvalue weighted by atomic mass is 9.89. The van der Waals surface area contributed by atoms with Gasteiger partial charge in [-0.3, -0.25) is 4.79 Å². The topological polar surface area (TPSA) is 64.2 Å². The fourth-order valence-corrected chi connectivity index (χ4v) is 6.17. The van der Waals surface area contributed by atoms with E-state index in [1.807, 2.05) is 31.2 Å². The van der Waals surface area contributed by atoms with Gasteiger partial charge in [0.25, 0.3) is 5.56 Å². The van der Waals surface area contributed by atoms with Gasteiger partial charge in [-0.05, 0) is 68.0 Å². The molecule has 5 rings (SSSR count). The summed E-state index contributed by atoms with van der Waals surface area (Å²) in [4.78, 5) is 22.9. The van der Waals surface area contributed by atoms with E-state index >= 15 is 0 Å². The summed E-state index contributed by atoms with van der Waals surface area (Å²) in [6.07, 6.45) is 3.07. The first-order chi connectivity index (χ1) is 16.4. The molecule has 1 atom stereocenters. The van der Waals surface area contributed by atoms with Crippen molar-refractivity contribution in [3.63, 3.8) is 0 Å². The maximum atomic E-state index is 13.0. The minimum atomic E-state index is -0.0808. The second-order valence-electron chi connectivity index (χ2n) is 8.57. The van der Waals surface area contributed by atoms with Crippen molar-refractivity contribution < 1.29 is 9.47 Å². The number of rotatable bonds is 6. The van der Waals surface area contributed by atoms with Crippen molar-refractivity contribution in [3.8, 4) is 22.9 Å². The van der Waals surface area contributed by atoms with Gasteiger partial charge in [0, 0.05) is 26.0 Å². The van der Waals surface area contributed by atoms with Crippen LogP contribution in [0, 0.1) is 5.92 Å². The molecular weight excluding hydrogens is 491 g/mol. The van der Waals surface area contributed by atoms with E-state index in [0.29, 0.717) is 39.9 Å². The van der Waals surface area contributed by atoms with Crippen molar-refractivity contribution >= 4 is 44.8 Å². The molecule has 8 heteroatoms. The highest BCUT2D eigenvalue weighted by molar-refractivity contribution is 7.18. The first-order valence-corrected chi connectivity index (χ1v) is 12.9. The Kier molecular flexibility index (Phi) is 6.56. The molecule has 0 spiro atoms. The van der Waals surface area contributed by atoms with Gasteiger partial charge in [0.2, 0.25) is 0 Å². The van der Waals surface area contributed by atoms with Crippen molar-refractivity contribution in [3.05, 3.63) is 72.8 Å². The molecule has 0 radical (unpaired) electrons. The molecule has 1 aliphatic rings. The second kappa shape index (κ2) is 9.61. The number of H-pyrrole nitrogens is 1. The third-order valence-electron chi connectivity index (χ3n) is 6.08. The van der Waals surface area contributed by atoms with Gasteiger partial charge in [0.15, 0.2) is 11.5 Å². The average Bonchev–Trinajstić information content (AvgIpc) is 3.17. The molecule has 0 saturated heterocycles. The number of benzene rings is 2. The molecule has 2 heterocycles. The van der Waals surface area contributed by atoms with Gasteiger partial charge in [0.1, 0.15) is 17.3 Å². The third-order valence-corrected chi connectivity index (χ3v) is 7.82. The highest BCUT2D eigenvalue weighted by Crippen LogP contribution is 2.37. The van der Waals surface area contributed by atoms with Crippen LogP contribution in [0.5, 0.6) is 11.5 Å². The molecule has 0 aliphatic heterocycles. The molecule has 1 N–H and O–H groups in total. The lowest BCUT2D eigenvalue weighted by molar-refractivity contribution is 0.269. The van der Waals surface area contributed by atoms with E-state index in [0.717, 1.165) is 40.6 Å². The Labute approximate surface area is 211 Å². The van der Waals surface area contributed by atoms with Crippen LogP contribution < -0.4 is 15.0 Å². The number of aryl methyl sites for hydroxylation is 1. The van der Waals surface area contributed by atoms with Crippen LogP contribution >= 0.6 is 34.5 Å². The fraction of sp³-hybridized carbons (Fsp3) is 0.308. The predicted molar refractivity (Wildman–Crippen MR) is 139 cm³/mol. The standard InChI is InChI=1S/C26H24Cl2N2O3S/c1-3-32-21-11-15(6-9-20(21)33-13-16-5-7-17(27)12-19(16)28)24-29-25(31)23-18-8-4-14(2)10-22(18)34-26(23)30-24/h5-7,9,11-12,14H,3-4,8,10,13H2,1-2H3,(H,29,30,31). The smallest absolute Gasteiger partial charge is 0.260 e. The van der Waals surface area contributed by atoms with E-state index < -0.39 is 0 Å². The summed E-state index contributed by atoms with van der Waals surface area (Å²) in [5.41, 5.74) is 2.69. The molecule has 4 aromatic rings. The van der Waals surface area contributed by atoms with Crippen LogP contribution in [0.25, 0.3) is 21.6 Å². The van der Waals surface area contributed by atoms with Gasteiger partial charge in [-0.25, -0.2) is 4.98 Å². The molecule has 1 aliphatic carbocycles. The minimum Gasteiger partial charge on any atom is -0.490 e. The summed E-state index contributed by atoms with van der Waals surface area (Å²) < 4.78 is 11.8. The molecule has 0 fully saturated rings. The molecule has 2 aromatic carbocycles. The Hall–Kier alpha value is -2.54. The molecule has 34 heavy (non-hydrogen) atoms. The summed E-state index contributed by atoms with van der Waals surface area (Å²) in [6, 6.07) is 10.9. The Balaban J connectivity index is 1.47. The van der Waals surface area contributed by atoms with Crippen LogP contribution in [0.3, 0.4) is 0 Å². The number of aromatic amines is 1.